The summed E-state index contributed by atoms with van der Waals surface area (Å²) >= 11 is 5.85. The van der Waals surface area contributed by atoms with E-state index in [-0.39, 0.29) is 21.7 Å². The van der Waals surface area contributed by atoms with E-state index in [2.05, 4.69) is 4.98 Å². The van der Waals surface area contributed by atoms with Crippen molar-refractivity contribution >= 4 is 22.6 Å². The molecule has 0 amide bonds. The minimum absolute atomic E-state index is 0.0737. The molecule has 0 bridgehead atoms. The lowest BCUT2D eigenvalue weighted by Crippen LogP contribution is -2.46. The number of nitrogens with one attached hydrogen (secondary N) is 1. The summed E-state index contributed by atoms with van der Waals surface area (Å²) in [5.41, 5.74) is -5.56. The second-order valence-corrected chi connectivity index (χ2v) is 6.27. The third-order valence-electron chi connectivity index (χ3n) is 4.03. The SMILES string of the molecule is Cc1cc(C(O)(c2cc3cc(Cl)ccc3oc2=O)C(F)(F)F)c(C)[nH]1. The number of halogens is 4. The van der Waals surface area contributed by atoms with Gasteiger partial charge in [-0.25, -0.2) is 4.79 Å². The Morgan fingerprint density at radius 2 is 1.80 bits per heavy atom. The van der Waals surface area contributed by atoms with Crippen LogP contribution in [0.3, 0.4) is 0 Å². The Balaban J connectivity index is 2.39. The van der Waals surface area contributed by atoms with Crippen LogP contribution in [0.5, 0.6) is 0 Å². The van der Waals surface area contributed by atoms with Crippen molar-refractivity contribution in [2.75, 3.05) is 0 Å². The van der Waals surface area contributed by atoms with Crippen molar-refractivity contribution in [3.63, 3.8) is 0 Å². The summed E-state index contributed by atoms with van der Waals surface area (Å²) in [7, 11) is 0. The number of aliphatic hydroxyl groups is 1. The Morgan fingerprint density at radius 1 is 1.12 bits per heavy atom. The molecule has 0 radical (unpaired) electrons. The molecule has 4 nitrogen and oxygen atoms in total. The molecule has 1 aromatic carbocycles. The summed E-state index contributed by atoms with van der Waals surface area (Å²) in [6.07, 6.45) is -5.15. The van der Waals surface area contributed by atoms with Crippen LogP contribution in [0.1, 0.15) is 22.5 Å². The van der Waals surface area contributed by atoms with Gasteiger partial charge in [0.25, 0.3) is 0 Å². The average molecular weight is 372 g/mol. The first-order valence-electron chi connectivity index (χ1n) is 7.23. The molecule has 132 valence electrons. The van der Waals surface area contributed by atoms with Gasteiger partial charge in [-0.05, 0) is 44.2 Å². The van der Waals surface area contributed by atoms with Crippen LogP contribution in [-0.4, -0.2) is 16.3 Å². The largest absolute Gasteiger partial charge is 0.426 e. The molecule has 2 aromatic heterocycles. The molecule has 3 rings (SSSR count). The van der Waals surface area contributed by atoms with Crippen LogP contribution >= 0.6 is 11.6 Å². The quantitative estimate of drug-likeness (QED) is 0.664. The summed E-state index contributed by atoms with van der Waals surface area (Å²) in [6.45, 7) is 2.94. The fraction of sp³-hybridized carbons (Fsp3) is 0.235. The van der Waals surface area contributed by atoms with Crippen LogP contribution in [0.25, 0.3) is 11.0 Å². The van der Waals surface area contributed by atoms with Crippen molar-refractivity contribution < 1.29 is 22.7 Å². The number of hydrogen-bond acceptors (Lipinski definition) is 3. The molecule has 0 saturated heterocycles. The average Bonchev–Trinajstić information content (AvgIpc) is 2.84. The Bertz CT molecular complexity index is 1020. The molecular weight excluding hydrogens is 359 g/mol. The van der Waals surface area contributed by atoms with E-state index in [1.165, 1.54) is 25.1 Å². The highest BCUT2D eigenvalue weighted by Gasteiger charge is 2.59. The number of aromatic amines is 1. The maximum absolute atomic E-state index is 13.9. The highest BCUT2D eigenvalue weighted by atomic mass is 35.5. The third-order valence-corrected chi connectivity index (χ3v) is 4.27. The van der Waals surface area contributed by atoms with E-state index in [4.69, 9.17) is 16.0 Å². The van der Waals surface area contributed by atoms with Gasteiger partial charge in [0.05, 0.1) is 5.56 Å². The van der Waals surface area contributed by atoms with Gasteiger partial charge in [0.15, 0.2) is 0 Å². The lowest BCUT2D eigenvalue weighted by Gasteiger charge is -2.30. The van der Waals surface area contributed by atoms with E-state index in [0.29, 0.717) is 5.69 Å². The standard InChI is InChI=1S/C17H13ClF3NO3/c1-8-5-12(9(2)22-8)16(24,17(19,20)21)13-7-10-6-11(18)3-4-14(10)25-15(13)23/h3-7,22,24H,1-2H3. The molecule has 0 saturated carbocycles. The van der Waals surface area contributed by atoms with Gasteiger partial charge in [0, 0.05) is 27.4 Å². The molecule has 0 fully saturated rings. The molecule has 0 aliphatic rings. The molecule has 2 heterocycles. The molecule has 2 N–H and O–H groups in total. The van der Waals surface area contributed by atoms with Crippen LogP contribution < -0.4 is 5.63 Å². The lowest BCUT2D eigenvalue weighted by atomic mass is 9.86. The highest BCUT2D eigenvalue weighted by Crippen LogP contribution is 2.45. The number of hydrogen-bond donors (Lipinski definition) is 2. The predicted octanol–water partition coefficient (Wildman–Crippen LogP) is 4.19. The van der Waals surface area contributed by atoms with Crippen LogP contribution in [0, 0.1) is 13.8 Å². The minimum Gasteiger partial charge on any atom is -0.422 e. The molecule has 3 aromatic rings. The van der Waals surface area contributed by atoms with Gasteiger partial charge >= 0.3 is 11.8 Å². The van der Waals surface area contributed by atoms with Crippen molar-refractivity contribution in [1.29, 1.82) is 0 Å². The number of alkyl halides is 3. The molecule has 8 heteroatoms. The number of aryl methyl sites for hydroxylation is 2. The first-order chi connectivity index (χ1) is 11.5. The number of fused-ring (bicyclic) bond motifs is 1. The molecule has 1 atom stereocenters. The third kappa shape index (κ3) is 2.73. The topological polar surface area (TPSA) is 66.2 Å². The molecular formula is C17H13ClF3NO3. The summed E-state index contributed by atoms with van der Waals surface area (Å²) < 4.78 is 46.5. The van der Waals surface area contributed by atoms with Gasteiger partial charge in [-0.3, -0.25) is 0 Å². The minimum atomic E-state index is -5.15. The fourth-order valence-corrected chi connectivity index (χ4v) is 3.08. The van der Waals surface area contributed by atoms with Crippen LogP contribution in [0.15, 0.2) is 39.5 Å². The smallest absolute Gasteiger partial charge is 0.422 e. The summed E-state index contributed by atoms with van der Waals surface area (Å²) in [5, 5.41) is 11.1. The van der Waals surface area contributed by atoms with E-state index < -0.39 is 28.5 Å². The first-order valence-corrected chi connectivity index (χ1v) is 7.61. The van der Waals surface area contributed by atoms with Gasteiger partial charge in [-0.15, -0.1) is 0 Å². The normalized spacial score (nSPS) is 14.7. The van der Waals surface area contributed by atoms with Crippen LogP contribution in [0.2, 0.25) is 5.02 Å². The van der Waals surface area contributed by atoms with Crippen LogP contribution in [-0.2, 0) is 5.60 Å². The Hall–Kier alpha value is -2.25. The van der Waals surface area contributed by atoms with Crippen molar-refractivity contribution in [1.82, 2.24) is 4.98 Å². The van der Waals surface area contributed by atoms with E-state index in [1.807, 2.05) is 0 Å². The monoisotopic (exact) mass is 371 g/mol. The molecule has 1 unspecified atom stereocenters. The van der Waals surface area contributed by atoms with Crippen molar-refractivity contribution in [3.8, 4) is 0 Å². The maximum Gasteiger partial charge on any atom is 0.426 e. The zero-order valence-electron chi connectivity index (χ0n) is 13.2. The number of benzene rings is 1. The van der Waals surface area contributed by atoms with Crippen LogP contribution in [0.4, 0.5) is 13.2 Å². The second kappa shape index (κ2) is 5.64. The predicted molar refractivity (Wildman–Crippen MR) is 86.8 cm³/mol. The van der Waals surface area contributed by atoms with Crippen molar-refractivity contribution in [3.05, 3.63) is 68.3 Å². The molecule has 0 spiro atoms. The molecule has 0 aliphatic carbocycles. The van der Waals surface area contributed by atoms with Gasteiger partial charge < -0.3 is 14.5 Å². The summed E-state index contributed by atoms with van der Waals surface area (Å²) in [5.74, 6) is 0. The summed E-state index contributed by atoms with van der Waals surface area (Å²) in [4.78, 5) is 14.9. The second-order valence-electron chi connectivity index (χ2n) is 5.83. The first kappa shape index (κ1) is 17.6. The Morgan fingerprint density at radius 3 is 2.36 bits per heavy atom. The van der Waals surface area contributed by atoms with E-state index in [0.717, 1.165) is 12.1 Å². The molecule has 0 aliphatic heterocycles. The number of aromatic nitrogens is 1. The molecule has 25 heavy (non-hydrogen) atoms. The van der Waals surface area contributed by atoms with Gasteiger partial charge in [-0.1, -0.05) is 11.6 Å². The van der Waals surface area contributed by atoms with Crippen molar-refractivity contribution in [2.45, 2.75) is 25.6 Å². The van der Waals surface area contributed by atoms with Gasteiger partial charge in [-0.2, -0.15) is 13.2 Å². The van der Waals surface area contributed by atoms with E-state index in [9.17, 15) is 23.1 Å². The van der Waals surface area contributed by atoms with E-state index >= 15 is 0 Å². The highest BCUT2D eigenvalue weighted by molar-refractivity contribution is 6.31. The Labute approximate surface area is 144 Å². The fourth-order valence-electron chi connectivity index (χ4n) is 2.90. The lowest BCUT2D eigenvalue weighted by molar-refractivity contribution is -0.249. The van der Waals surface area contributed by atoms with Gasteiger partial charge in [0.1, 0.15) is 5.58 Å². The van der Waals surface area contributed by atoms with Crippen molar-refractivity contribution in [2.24, 2.45) is 0 Å². The number of rotatable bonds is 2. The zero-order chi connectivity index (χ0) is 18.6. The van der Waals surface area contributed by atoms with Gasteiger partial charge in [0.2, 0.25) is 5.60 Å². The summed E-state index contributed by atoms with van der Waals surface area (Å²) in [6, 6.07) is 6.30. The number of H-pyrrole nitrogens is 1. The zero-order valence-corrected chi connectivity index (χ0v) is 13.9. The Kier molecular flexibility index (Phi) is 3.96. The van der Waals surface area contributed by atoms with E-state index in [1.54, 1.807) is 6.92 Å². The maximum atomic E-state index is 13.9.